The van der Waals surface area contributed by atoms with Crippen LogP contribution in [-0.4, -0.2) is 30.7 Å². The number of nitrogens with zero attached hydrogens (tertiary/aromatic N) is 1. The molecule has 2 saturated heterocycles. The average molecular weight is 483 g/mol. The van der Waals surface area contributed by atoms with Gasteiger partial charge in [-0.2, -0.15) is 0 Å². The summed E-state index contributed by atoms with van der Waals surface area (Å²) in [6.07, 6.45) is 6.27. The minimum Gasteiger partial charge on any atom is -1.00 e. The molecule has 27 heavy (non-hydrogen) atoms. The monoisotopic (exact) mass is 483 g/mol. The van der Waals surface area contributed by atoms with Crippen molar-refractivity contribution in [1.29, 1.82) is 0 Å². The van der Waals surface area contributed by atoms with E-state index in [0.717, 1.165) is 29.6 Å². The molecular formula is C23H28F2IN. The second-order valence-electron chi connectivity index (χ2n) is 8.74. The van der Waals surface area contributed by atoms with Crippen LogP contribution in [0.4, 0.5) is 8.78 Å². The molecule has 4 heteroatoms. The summed E-state index contributed by atoms with van der Waals surface area (Å²) in [6.45, 7) is 0. The van der Waals surface area contributed by atoms with Crippen molar-refractivity contribution in [2.24, 2.45) is 5.92 Å². The topological polar surface area (TPSA) is 0 Å². The highest BCUT2D eigenvalue weighted by Crippen LogP contribution is 2.45. The van der Waals surface area contributed by atoms with Crippen LogP contribution in [0.1, 0.15) is 49.1 Å². The fourth-order valence-corrected chi connectivity index (χ4v) is 5.37. The number of piperidine rings is 1. The van der Waals surface area contributed by atoms with Gasteiger partial charge in [-0.25, -0.2) is 8.78 Å². The van der Waals surface area contributed by atoms with E-state index in [1.54, 1.807) is 0 Å². The lowest BCUT2D eigenvalue weighted by Gasteiger charge is -2.45. The fraction of sp³-hybridized carbons (Fsp3) is 0.478. The molecule has 0 spiro atoms. The van der Waals surface area contributed by atoms with Crippen LogP contribution in [0, 0.1) is 17.6 Å². The zero-order valence-electron chi connectivity index (χ0n) is 16.0. The largest absolute Gasteiger partial charge is 1.00 e. The molecule has 1 nitrogen and oxygen atoms in total. The maximum Gasteiger partial charge on any atom is 0.123 e. The molecule has 2 aromatic carbocycles. The molecule has 0 radical (unpaired) electrons. The lowest BCUT2D eigenvalue weighted by molar-refractivity contribution is -0.931. The third-order valence-electron chi connectivity index (χ3n) is 7.04. The van der Waals surface area contributed by atoms with Gasteiger partial charge in [0.1, 0.15) is 11.6 Å². The van der Waals surface area contributed by atoms with Gasteiger partial charge in [0, 0.05) is 31.6 Å². The Labute approximate surface area is 178 Å². The van der Waals surface area contributed by atoms with Gasteiger partial charge in [-0.15, -0.1) is 0 Å². The van der Waals surface area contributed by atoms with Crippen molar-refractivity contribution in [1.82, 2.24) is 0 Å². The van der Waals surface area contributed by atoms with Crippen LogP contribution in [0.25, 0.3) is 0 Å². The number of quaternary nitrogens is 1. The lowest BCUT2D eigenvalue weighted by Crippen LogP contribution is -3.00. The van der Waals surface area contributed by atoms with E-state index in [-0.39, 0.29) is 41.5 Å². The van der Waals surface area contributed by atoms with Gasteiger partial charge >= 0.3 is 0 Å². The zero-order chi connectivity index (χ0) is 18.3. The third kappa shape index (κ3) is 4.21. The molecule has 146 valence electrons. The predicted molar refractivity (Wildman–Crippen MR) is 101 cm³/mol. The highest BCUT2D eigenvalue weighted by atomic mass is 127. The molecule has 2 aliphatic heterocycles. The minimum absolute atomic E-state index is 0. The highest BCUT2D eigenvalue weighted by Gasteiger charge is 2.48. The van der Waals surface area contributed by atoms with Crippen LogP contribution in [0.5, 0.6) is 0 Å². The number of hydrogen-bond acceptors (Lipinski definition) is 0. The SMILES string of the molecule is C[N+]1(C)C2CCC1CC(CC(c1ccc(F)cc1)c1ccc(F)cc1)C2.[I-]. The Morgan fingerprint density at radius 3 is 1.63 bits per heavy atom. The van der Waals surface area contributed by atoms with E-state index in [0.29, 0.717) is 5.92 Å². The average Bonchev–Trinajstić information content (AvgIpc) is 2.78. The van der Waals surface area contributed by atoms with E-state index in [9.17, 15) is 8.78 Å². The summed E-state index contributed by atoms with van der Waals surface area (Å²) in [4.78, 5) is 0. The number of benzene rings is 2. The Hall–Kier alpha value is -1.01. The van der Waals surface area contributed by atoms with Crippen LogP contribution >= 0.6 is 0 Å². The van der Waals surface area contributed by atoms with Crippen molar-refractivity contribution >= 4 is 0 Å². The molecule has 2 aromatic rings. The van der Waals surface area contributed by atoms with E-state index in [4.69, 9.17) is 0 Å². The summed E-state index contributed by atoms with van der Waals surface area (Å²) >= 11 is 0. The summed E-state index contributed by atoms with van der Waals surface area (Å²) in [5, 5.41) is 0. The number of halogens is 3. The van der Waals surface area contributed by atoms with Crippen LogP contribution in [0.15, 0.2) is 48.5 Å². The van der Waals surface area contributed by atoms with Crippen LogP contribution in [-0.2, 0) is 0 Å². The summed E-state index contributed by atoms with van der Waals surface area (Å²) in [5.74, 6) is 0.468. The quantitative estimate of drug-likeness (QED) is 0.464. The van der Waals surface area contributed by atoms with Crippen molar-refractivity contribution in [2.75, 3.05) is 14.1 Å². The van der Waals surface area contributed by atoms with Gasteiger partial charge in [0.25, 0.3) is 0 Å². The second kappa shape index (κ2) is 8.16. The maximum atomic E-state index is 13.4. The molecule has 0 N–H and O–H groups in total. The molecule has 0 saturated carbocycles. The van der Waals surface area contributed by atoms with E-state index in [1.165, 1.54) is 54.4 Å². The Morgan fingerprint density at radius 1 is 0.815 bits per heavy atom. The van der Waals surface area contributed by atoms with Crippen molar-refractivity contribution in [3.05, 3.63) is 71.3 Å². The highest BCUT2D eigenvalue weighted by molar-refractivity contribution is 5.33. The number of fused-ring (bicyclic) bond motifs is 2. The first-order chi connectivity index (χ1) is 12.4. The molecule has 2 heterocycles. The van der Waals surface area contributed by atoms with Crippen molar-refractivity contribution in [2.45, 2.75) is 50.1 Å². The Morgan fingerprint density at radius 2 is 1.22 bits per heavy atom. The Balaban J connectivity index is 0.00000210. The van der Waals surface area contributed by atoms with Gasteiger partial charge in [0.2, 0.25) is 0 Å². The third-order valence-corrected chi connectivity index (χ3v) is 7.04. The van der Waals surface area contributed by atoms with E-state index < -0.39 is 0 Å². The molecule has 4 rings (SSSR count). The second-order valence-corrected chi connectivity index (χ2v) is 8.74. The molecule has 2 fully saturated rings. The summed E-state index contributed by atoms with van der Waals surface area (Å²) in [6, 6.07) is 15.2. The molecule has 0 amide bonds. The predicted octanol–water partition coefficient (Wildman–Crippen LogP) is 2.51. The maximum absolute atomic E-state index is 13.4. The minimum atomic E-state index is -0.207. The van der Waals surface area contributed by atoms with Gasteiger partial charge in [-0.3, -0.25) is 0 Å². The molecule has 2 bridgehead atoms. The van der Waals surface area contributed by atoms with Crippen LogP contribution in [0.3, 0.4) is 0 Å². The van der Waals surface area contributed by atoms with Gasteiger partial charge in [-0.05, 0) is 47.7 Å². The first kappa shape index (κ1) is 20.7. The van der Waals surface area contributed by atoms with Gasteiger partial charge in [-0.1, -0.05) is 24.3 Å². The van der Waals surface area contributed by atoms with Crippen molar-refractivity contribution in [3.8, 4) is 0 Å². The molecule has 0 aliphatic carbocycles. The lowest BCUT2D eigenvalue weighted by atomic mass is 9.78. The number of rotatable bonds is 4. The molecule has 2 aliphatic rings. The van der Waals surface area contributed by atoms with Crippen LogP contribution in [0.2, 0.25) is 0 Å². The zero-order valence-corrected chi connectivity index (χ0v) is 18.2. The van der Waals surface area contributed by atoms with E-state index in [1.807, 2.05) is 24.3 Å². The summed E-state index contributed by atoms with van der Waals surface area (Å²) < 4.78 is 28.0. The molecule has 2 atom stereocenters. The first-order valence-corrected chi connectivity index (χ1v) is 9.77. The van der Waals surface area contributed by atoms with Crippen molar-refractivity contribution in [3.63, 3.8) is 0 Å². The fourth-order valence-electron chi connectivity index (χ4n) is 5.37. The smallest absolute Gasteiger partial charge is 0.123 e. The standard InChI is InChI=1S/C23H28F2N.HI/c1-26(2)21-11-12-22(26)14-16(13-21)15-23(17-3-7-19(24)8-4-17)18-5-9-20(25)10-6-18;/h3-10,16,21-23H,11-15H2,1-2H3;1H/q+1;/p-1. The first-order valence-electron chi connectivity index (χ1n) is 9.77. The van der Waals surface area contributed by atoms with E-state index >= 15 is 0 Å². The van der Waals surface area contributed by atoms with Gasteiger partial charge in [0.15, 0.2) is 0 Å². The van der Waals surface area contributed by atoms with Crippen molar-refractivity contribution < 1.29 is 37.2 Å². The number of hydrogen-bond donors (Lipinski definition) is 0. The van der Waals surface area contributed by atoms with E-state index in [2.05, 4.69) is 14.1 Å². The van der Waals surface area contributed by atoms with Crippen LogP contribution < -0.4 is 24.0 Å². The van der Waals surface area contributed by atoms with Gasteiger partial charge < -0.3 is 28.5 Å². The normalized spacial score (nSPS) is 26.0. The summed E-state index contributed by atoms with van der Waals surface area (Å²) in [7, 11) is 4.77. The molecular weight excluding hydrogens is 455 g/mol. The Kier molecular flexibility index (Phi) is 6.26. The summed E-state index contributed by atoms with van der Waals surface area (Å²) in [5.41, 5.74) is 2.26. The molecule has 0 aromatic heterocycles. The Bertz CT molecular complexity index is 695. The molecule has 2 unspecified atom stereocenters. The van der Waals surface area contributed by atoms with Gasteiger partial charge in [0.05, 0.1) is 26.2 Å².